The molecule has 0 radical (unpaired) electrons. The van der Waals surface area contributed by atoms with Gasteiger partial charge in [-0.15, -0.1) is 0 Å². The van der Waals surface area contributed by atoms with Gasteiger partial charge in [0.25, 0.3) is 0 Å². The van der Waals surface area contributed by atoms with Gasteiger partial charge < -0.3 is 4.90 Å². The van der Waals surface area contributed by atoms with E-state index in [1.165, 1.54) is 0 Å². The Morgan fingerprint density at radius 3 is 3.15 bits per heavy atom. The van der Waals surface area contributed by atoms with Crippen LogP contribution in [0, 0.1) is 0 Å². The summed E-state index contributed by atoms with van der Waals surface area (Å²) >= 11 is 1.65. The first-order valence-electron chi connectivity index (χ1n) is 7.06. The maximum atomic E-state index is 12.6. The maximum Gasteiger partial charge on any atom is 0.229 e. The van der Waals surface area contributed by atoms with Crippen LogP contribution in [0.15, 0.2) is 29.1 Å². The summed E-state index contributed by atoms with van der Waals surface area (Å²) in [6.45, 7) is 3.68. The predicted octanol–water partition coefficient (Wildman–Crippen LogP) is 2.98. The Morgan fingerprint density at radius 2 is 2.45 bits per heavy atom. The molecule has 1 aliphatic rings. The molecule has 3 rings (SSSR count). The van der Waals surface area contributed by atoms with Crippen LogP contribution in [-0.4, -0.2) is 34.1 Å². The summed E-state index contributed by atoms with van der Waals surface area (Å²) in [5.41, 5.74) is 2.27. The molecule has 0 bridgehead atoms. The van der Waals surface area contributed by atoms with Crippen molar-refractivity contribution >= 4 is 17.2 Å². The van der Waals surface area contributed by atoms with Gasteiger partial charge in [-0.1, -0.05) is 0 Å². The molecule has 0 spiro atoms. The molecule has 3 heterocycles. The van der Waals surface area contributed by atoms with Gasteiger partial charge in [-0.2, -0.15) is 16.4 Å². The number of piperidine rings is 1. The van der Waals surface area contributed by atoms with Gasteiger partial charge in [0.05, 0.1) is 5.92 Å². The number of hydrogen-bond acceptors (Lipinski definition) is 3. The molecule has 2 atom stereocenters. The number of carbonyl (C=O) groups is 1. The van der Waals surface area contributed by atoms with Gasteiger partial charge in [-0.3, -0.25) is 9.89 Å². The fourth-order valence-electron chi connectivity index (χ4n) is 2.86. The smallest absolute Gasteiger partial charge is 0.229 e. The number of amides is 1. The lowest BCUT2D eigenvalue weighted by atomic mass is 9.93. The fourth-order valence-corrected chi connectivity index (χ4v) is 3.62. The molecule has 1 aliphatic heterocycles. The Balaban J connectivity index is 1.69. The molecule has 0 unspecified atom stereocenters. The predicted molar refractivity (Wildman–Crippen MR) is 79.9 cm³/mol. The molecule has 4 nitrogen and oxygen atoms in total. The quantitative estimate of drug-likeness (QED) is 0.944. The zero-order valence-electron chi connectivity index (χ0n) is 11.6. The summed E-state index contributed by atoms with van der Waals surface area (Å²) in [6.07, 6.45) is 3.97. The van der Waals surface area contributed by atoms with Gasteiger partial charge >= 0.3 is 0 Å². The van der Waals surface area contributed by atoms with Crippen LogP contribution in [0.5, 0.6) is 0 Å². The van der Waals surface area contributed by atoms with E-state index in [9.17, 15) is 4.79 Å². The number of carbonyl (C=O) groups excluding carboxylic acids is 1. The summed E-state index contributed by atoms with van der Waals surface area (Å²) in [6, 6.07) is 4.06. The van der Waals surface area contributed by atoms with Crippen molar-refractivity contribution in [1.82, 2.24) is 15.1 Å². The molecule has 5 heteroatoms. The summed E-state index contributed by atoms with van der Waals surface area (Å²) in [7, 11) is 0. The first-order chi connectivity index (χ1) is 9.75. The lowest BCUT2D eigenvalue weighted by molar-refractivity contribution is -0.133. The van der Waals surface area contributed by atoms with Crippen LogP contribution < -0.4 is 0 Å². The van der Waals surface area contributed by atoms with E-state index in [1.807, 2.05) is 29.3 Å². The molecule has 1 fully saturated rings. The zero-order valence-corrected chi connectivity index (χ0v) is 12.4. The van der Waals surface area contributed by atoms with Crippen LogP contribution in [0.25, 0.3) is 0 Å². The van der Waals surface area contributed by atoms with Gasteiger partial charge in [-0.05, 0) is 48.2 Å². The Labute approximate surface area is 122 Å². The number of aromatic amines is 1. The molecule has 20 heavy (non-hydrogen) atoms. The number of likely N-dealkylation sites (tertiary alicyclic amines) is 1. The monoisotopic (exact) mass is 289 g/mol. The molecular weight excluding hydrogens is 270 g/mol. The minimum absolute atomic E-state index is 0.0400. The van der Waals surface area contributed by atoms with E-state index in [1.54, 1.807) is 17.5 Å². The topological polar surface area (TPSA) is 49.0 Å². The molecule has 0 aliphatic carbocycles. The highest BCUT2D eigenvalue weighted by Gasteiger charge is 2.28. The van der Waals surface area contributed by atoms with E-state index in [2.05, 4.69) is 15.6 Å². The second-order valence-electron chi connectivity index (χ2n) is 5.41. The van der Waals surface area contributed by atoms with E-state index in [0.717, 1.165) is 37.2 Å². The summed E-state index contributed by atoms with van der Waals surface area (Å²) in [4.78, 5) is 14.6. The molecule has 106 valence electrons. The van der Waals surface area contributed by atoms with Crippen LogP contribution in [0.4, 0.5) is 0 Å². The van der Waals surface area contributed by atoms with Crippen LogP contribution in [0.3, 0.4) is 0 Å². The number of nitrogens with zero attached hydrogens (tertiary/aromatic N) is 2. The Morgan fingerprint density at radius 1 is 1.55 bits per heavy atom. The maximum absolute atomic E-state index is 12.6. The van der Waals surface area contributed by atoms with Gasteiger partial charge in [0.1, 0.15) is 0 Å². The number of rotatable bonds is 3. The highest BCUT2D eigenvalue weighted by molar-refractivity contribution is 7.08. The number of hydrogen-bond donors (Lipinski definition) is 1. The largest absolute Gasteiger partial charge is 0.342 e. The second kappa shape index (κ2) is 5.79. The summed E-state index contributed by atoms with van der Waals surface area (Å²) in [5, 5.41) is 11.2. The number of nitrogens with one attached hydrogen (secondary N) is 1. The van der Waals surface area contributed by atoms with Crippen molar-refractivity contribution in [2.24, 2.45) is 0 Å². The summed E-state index contributed by atoms with van der Waals surface area (Å²) in [5.74, 6) is 0.597. The van der Waals surface area contributed by atoms with Crippen molar-refractivity contribution in [2.75, 3.05) is 13.1 Å². The van der Waals surface area contributed by atoms with E-state index in [0.29, 0.717) is 5.92 Å². The zero-order chi connectivity index (χ0) is 13.9. The van der Waals surface area contributed by atoms with E-state index in [-0.39, 0.29) is 11.8 Å². The average molecular weight is 289 g/mol. The molecular formula is C15H19N3OS. The lowest BCUT2D eigenvalue weighted by Crippen LogP contribution is -2.41. The molecule has 0 aromatic carbocycles. The van der Waals surface area contributed by atoms with E-state index < -0.39 is 0 Å². The molecule has 2 aromatic rings. The van der Waals surface area contributed by atoms with E-state index in [4.69, 9.17) is 0 Å². The minimum Gasteiger partial charge on any atom is -0.342 e. The van der Waals surface area contributed by atoms with Crippen molar-refractivity contribution in [3.8, 4) is 0 Å². The van der Waals surface area contributed by atoms with Crippen LogP contribution >= 0.6 is 11.3 Å². The number of thiophene rings is 1. The Bertz CT molecular complexity index is 550. The second-order valence-corrected chi connectivity index (χ2v) is 6.19. The normalized spacial score (nSPS) is 20.9. The van der Waals surface area contributed by atoms with Crippen LogP contribution in [0.2, 0.25) is 0 Å². The third-order valence-corrected chi connectivity index (χ3v) is 4.81. The third-order valence-electron chi connectivity index (χ3n) is 4.11. The van der Waals surface area contributed by atoms with Gasteiger partial charge in [0, 0.05) is 30.9 Å². The fraction of sp³-hybridized carbons (Fsp3) is 0.467. The molecule has 1 amide bonds. The molecule has 1 saturated heterocycles. The molecule has 1 N–H and O–H groups in total. The lowest BCUT2D eigenvalue weighted by Gasteiger charge is -2.33. The first kappa shape index (κ1) is 13.4. The summed E-state index contributed by atoms with van der Waals surface area (Å²) < 4.78 is 0. The van der Waals surface area contributed by atoms with Crippen molar-refractivity contribution < 1.29 is 4.79 Å². The van der Waals surface area contributed by atoms with Gasteiger partial charge in [-0.25, -0.2) is 0 Å². The van der Waals surface area contributed by atoms with Crippen molar-refractivity contribution in [1.29, 1.82) is 0 Å². The van der Waals surface area contributed by atoms with Crippen molar-refractivity contribution in [3.63, 3.8) is 0 Å². The van der Waals surface area contributed by atoms with Crippen molar-refractivity contribution in [2.45, 2.75) is 31.6 Å². The minimum atomic E-state index is -0.0400. The number of H-pyrrole nitrogens is 1. The third kappa shape index (κ3) is 2.63. The average Bonchev–Trinajstić information content (AvgIpc) is 3.18. The highest BCUT2D eigenvalue weighted by Crippen LogP contribution is 2.28. The Hall–Kier alpha value is -1.62. The van der Waals surface area contributed by atoms with E-state index >= 15 is 0 Å². The SMILES string of the molecule is C[C@@H](C(=O)N1CCC[C@@H](c2ccn[nH]2)C1)c1ccsc1. The highest BCUT2D eigenvalue weighted by atomic mass is 32.1. The Kier molecular flexibility index (Phi) is 3.87. The van der Waals surface area contributed by atoms with Crippen LogP contribution in [0.1, 0.15) is 42.9 Å². The van der Waals surface area contributed by atoms with Gasteiger partial charge in [0.15, 0.2) is 0 Å². The number of aromatic nitrogens is 2. The molecule has 2 aromatic heterocycles. The first-order valence-corrected chi connectivity index (χ1v) is 8.00. The molecule has 0 saturated carbocycles. The van der Waals surface area contributed by atoms with Gasteiger partial charge in [0.2, 0.25) is 5.91 Å². The van der Waals surface area contributed by atoms with Crippen LogP contribution in [-0.2, 0) is 4.79 Å². The van der Waals surface area contributed by atoms with Crippen molar-refractivity contribution in [3.05, 3.63) is 40.3 Å². The standard InChI is InChI=1S/C15H19N3OS/c1-11(13-5-8-20-10-13)15(19)18-7-2-3-12(9-18)14-4-6-16-17-14/h4-6,8,10-12H,2-3,7,9H2,1H3,(H,16,17)/t11-,12-/m1/s1.